The van der Waals surface area contributed by atoms with Crippen molar-refractivity contribution in [3.8, 4) is 0 Å². The predicted molar refractivity (Wildman–Crippen MR) is 139 cm³/mol. The van der Waals surface area contributed by atoms with E-state index in [2.05, 4.69) is 13.8 Å². The molecular formula is C26H50O9S. The van der Waals surface area contributed by atoms with Crippen LogP contribution in [0.25, 0.3) is 0 Å². The molecule has 0 bridgehead atoms. The minimum atomic E-state index is -4.83. The van der Waals surface area contributed by atoms with Gasteiger partial charge in [0.2, 0.25) is 0 Å². The highest BCUT2D eigenvalue weighted by atomic mass is 32.2. The van der Waals surface area contributed by atoms with E-state index < -0.39 is 33.7 Å². The average molecular weight is 539 g/mol. The van der Waals surface area contributed by atoms with E-state index in [4.69, 9.17) is 18.9 Å². The van der Waals surface area contributed by atoms with E-state index in [0.717, 1.165) is 32.1 Å². The van der Waals surface area contributed by atoms with Gasteiger partial charge in [-0.3, -0.25) is 14.1 Å². The van der Waals surface area contributed by atoms with Gasteiger partial charge in [0.05, 0.1) is 19.6 Å². The Labute approximate surface area is 218 Å². The summed E-state index contributed by atoms with van der Waals surface area (Å²) in [7, 11) is -4.83. The molecule has 0 aliphatic rings. The standard InChI is InChI=1S/C26H50O9S/c1-3-5-7-9-11-13-15-17-32-19-21-34-25(27)23-24(36(29,30)31)26(28)35-22-20-33-18-16-14-12-10-8-6-4-2/h24H,3-23H2,1-2H3,(H,29,30,31). The lowest BCUT2D eigenvalue weighted by Crippen LogP contribution is -2.35. The maximum Gasteiger partial charge on any atom is 0.327 e. The van der Waals surface area contributed by atoms with Crippen LogP contribution in [0.2, 0.25) is 0 Å². The summed E-state index contributed by atoms with van der Waals surface area (Å²) in [5, 5.41) is -2.03. The summed E-state index contributed by atoms with van der Waals surface area (Å²) in [5.74, 6) is -2.13. The normalized spacial score (nSPS) is 12.4. The summed E-state index contributed by atoms with van der Waals surface area (Å²) in [5.41, 5.74) is 0. The van der Waals surface area contributed by atoms with E-state index in [-0.39, 0.29) is 26.4 Å². The molecule has 1 N–H and O–H groups in total. The smallest absolute Gasteiger partial charge is 0.327 e. The highest BCUT2D eigenvalue weighted by Crippen LogP contribution is 2.10. The van der Waals surface area contributed by atoms with Gasteiger partial charge in [0.1, 0.15) is 13.2 Å². The van der Waals surface area contributed by atoms with Crippen molar-refractivity contribution < 1.29 is 41.5 Å². The van der Waals surface area contributed by atoms with Crippen molar-refractivity contribution in [2.75, 3.05) is 39.6 Å². The summed E-state index contributed by atoms with van der Waals surface area (Å²) >= 11 is 0. The van der Waals surface area contributed by atoms with Gasteiger partial charge >= 0.3 is 11.9 Å². The first-order valence-corrected chi connectivity index (χ1v) is 15.3. The maximum atomic E-state index is 12.1. The second-order valence-corrected chi connectivity index (χ2v) is 10.7. The van der Waals surface area contributed by atoms with Gasteiger partial charge in [-0.1, -0.05) is 90.9 Å². The molecule has 214 valence electrons. The van der Waals surface area contributed by atoms with E-state index in [1.165, 1.54) is 57.8 Å². The molecule has 1 atom stereocenters. The minimum Gasteiger partial charge on any atom is -0.463 e. The number of hydrogen-bond donors (Lipinski definition) is 1. The van der Waals surface area contributed by atoms with Crippen molar-refractivity contribution in [3.05, 3.63) is 0 Å². The SMILES string of the molecule is CCCCCCCCCOCCOC(=O)CC(C(=O)OCCOCCCCCCCCC)S(=O)(=O)O. The second kappa shape index (κ2) is 24.1. The van der Waals surface area contributed by atoms with Crippen LogP contribution in [0.5, 0.6) is 0 Å². The van der Waals surface area contributed by atoms with Crippen molar-refractivity contribution in [2.24, 2.45) is 0 Å². The zero-order valence-corrected chi connectivity index (χ0v) is 23.4. The molecule has 9 nitrogen and oxygen atoms in total. The molecule has 0 amide bonds. The third kappa shape index (κ3) is 22.0. The Balaban J connectivity index is 3.92. The highest BCUT2D eigenvalue weighted by Gasteiger charge is 2.35. The Bertz CT molecular complexity index is 637. The van der Waals surface area contributed by atoms with E-state index in [0.29, 0.717) is 13.2 Å². The molecule has 0 spiro atoms. The molecule has 0 aliphatic carbocycles. The zero-order chi connectivity index (χ0) is 26.9. The van der Waals surface area contributed by atoms with Crippen molar-refractivity contribution in [2.45, 2.75) is 115 Å². The van der Waals surface area contributed by atoms with Crippen LogP contribution in [0.4, 0.5) is 0 Å². The third-order valence-electron chi connectivity index (χ3n) is 5.72. The van der Waals surface area contributed by atoms with Crippen LogP contribution in [-0.4, -0.2) is 69.8 Å². The number of hydrogen-bond acceptors (Lipinski definition) is 8. The van der Waals surface area contributed by atoms with Gasteiger partial charge < -0.3 is 18.9 Å². The lowest BCUT2D eigenvalue weighted by Gasteiger charge is -2.13. The van der Waals surface area contributed by atoms with Crippen LogP contribution in [0.1, 0.15) is 110 Å². The van der Waals surface area contributed by atoms with Crippen LogP contribution in [0.3, 0.4) is 0 Å². The molecule has 36 heavy (non-hydrogen) atoms. The van der Waals surface area contributed by atoms with Crippen LogP contribution in [-0.2, 0) is 38.7 Å². The number of unbranched alkanes of at least 4 members (excludes halogenated alkanes) is 12. The molecule has 0 aromatic rings. The molecule has 0 radical (unpaired) electrons. The molecule has 0 aromatic carbocycles. The van der Waals surface area contributed by atoms with Crippen LogP contribution < -0.4 is 0 Å². The number of rotatable bonds is 26. The number of carbonyl (C=O) groups excluding carboxylic acids is 2. The van der Waals surface area contributed by atoms with Crippen LogP contribution in [0, 0.1) is 0 Å². The molecule has 0 saturated carbocycles. The van der Waals surface area contributed by atoms with Gasteiger partial charge in [-0.2, -0.15) is 8.42 Å². The molecule has 0 heterocycles. The molecule has 1 unspecified atom stereocenters. The van der Waals surface area contributed by atoms with Crippen molar-refractivity contribution in [1.82, 2.24) is 0 Å². The lowest BCUT2D eigenvalue weighted by atomic mass is 10.1. The predicted octanol–water partition coefficient (Wildman–Crippen LogP) is 5.25. The van der Waals surface area contributed by atoms with Gasteiger partial charge in [-0.15, -0.1) is 0 Å². The molecule has 0 fully saturated rings. The number of ether oxygens (including phenoxy) is 4. The maximum absolute atomic E-state index is 12.1. The molecule has 10 heteroatoms. The largest absolute Gasteiger partial charge is 0.463 e. The minimum absolute atomic E-state index is 0.0605. The van der Waals surface area contributed by atoms with Gasteiger partial charge in [0, 0.05) is 13.2 Å². The van der Waals surface area contributed by atoms with Crippen molar-refractivity contribution in [1.29, 1.82) is 0 Å². The van der Waals surface area contributed by atoms with Crippen LogP contribution in [0.15, 0.2) is 0 Å². The Kier molecular flexibility index (Phi) is 23.3. The Morgan fingerprint density at radius 3 is 1.47 bits per heavy atom. The van der Waals surface area contributed by atoms with Crippen molar-refractivity contribution in [3.63, 3.8) is 0 Å². The fraction of sp³-hybridized carbons (Fsp3) is 0.923. The van der Waals surface area contributed by atoms with E-state index in [1.807, 2.05) is 0 Å². The summed E-state index contributed by atoms with van der Waals surface area (Å²) in [6.45, 7) is 5.52. The molecule has 0 aromatic heterocycles. The van der Waals surface area contributed by atoms with Gasteiger partial charge in [-0.05, 0) is 12.8 Å². The number of carbonyl (C=O) groups is 2. The quantitative estimate of drug-likeness (QED) is 0.0892. The lowest BCUT2D eigenvalue weighted by molar-refractivity contribution is -0.151. The van der Waals surface area contributed by atoms with Crippen LogP contribution >= 0.6 is 0 Å². The first-order valence-electron chi connectivity index (χ1n) is 13.8. The monoisotopic (exact) mass is 538 g/mol. The fourth-order valence-corrected chi connectivity index (χ4v) is 4.21. The summed E-state index contributed by atoms with van der Waals surface area (Å²) < 4.78 is 53.1. The second-order valence-electron chi connectivity index (χ2n) is 9.06. The van der Waals surface area contributed by atoms with Gasteiger partial charge in [0.15, 0.2) is 5.25 Å². The molecule has 0 saturated heterocycles. The Morgan fingerprint density at radius 1 is 0.611 bits per heavy atom. The van der Waals surface area contributed by atoms with E-state index in [1.54, 1.807) is 0 Å². The first kappa shape index (κ1) is 34.8. The fourth-order valence-electron chi connectivity index (χ4n) is 3.56. The molecule has 0 rings (SSSR count). The summed E-state index contributed by atoms with van der Waals surface area (Å²) in [6, 6.07) is 0. The molecular weight excluding hydrogens is 488 g/mol. The Morgan fingerprint density at radius 2 is 1.03 bits per heavy atom. The van der Waals surface area contributed by atoms with Gasteiger partial charge in [-0.25, -0.2) is 0 Å². The van der Waals surface area contributed by atoms with Crippen molar-refractivity contribution >= 4 is 22.1 Å². The van der Waals surface area contributed by atoms with E-state index in [9.17, 15) is 22.6 Å². The zero-order valence-electron chi connectivity index (χ0n) is 22.5. The number of esters is 2. The molecule has 0 aliphatic heterocycles. The van der Waals surface area contributed by atoms with E-state index >= 15 is 0 Å². The first-order chi connectivity index (χ1) is 17.3. The third-order valence-corrected chi connectivity index (χ3v) is 6.80. The van der Waals surface area contributed by atoms with Gasteiger partial charge in [0.25, 0.3) is 10.1 Å². The Hall–Kier alpha value is -1.23. The topological polar surface area (TPSA) is 125 Å². The average Bonchev–Trinajstić information content (AvgIpc) is 2.83. The summed E-state index contributed by atoms with van der Waals surface area (Å²) in [6.07, 6.45) is 15.4. The summed E-state index contributed by atoms with van der Waals surface area (Å²) in [4.78, 5) is 24.0. The highest BCUT2D eigenvalue weighted by molar-refractivity contribution is 7.87.